The molecule has 13 heavy (non-hydrogen) atoms. The van der Waals surface area contributed by atoms with Gasteiger partial charge in [0.2, 0.25) is 0 Å². The first-order chi connectivity index (χ1) is 6.08. The van der Waals surface area contributed by atoms with Crippen LogP contribution in [0.4, 0.5) is 0 Å². The molecule has 0 aromatic heterocycles. The minimum Gasteiger partial charge on any atom is -0.483 e. The molecule has 0 radical (unpaired) electrons. The van der Waals surface area contributed by atoms with Gasteiger partial charge < -0.3 is 5.11 Å². The summed E-state index contributed by atoms with van der Waals surface area (Å²) in [6.07, 6.45) is 1.17. The Bertz CT molecular complexity index is 156. The van der Waals surface area contributed by atoms with Crippen LogP contribution in [0, 0.1) is 5.92 Å². The Labute approximate surface area is 77.3 Å². The van der Waals surface area contributed by atoms with Crippen LogP contribution < -0.4 is 5.48 Å². The van der Waals surface area contributed by atoms with E-state index >= 15 is 0 Å². The Hall–Kier alpha value is -1.36. The number of carbonyl (C=O) groups is 2. The Morgan fingerprint density at radius 3 is 2.46 bits per heavy atom. The lowest BCUT2D eigenvalue weighted by molar-refractivity contribution is -0.129. The highest BCUT2D eigenvalue weighted by Gasteiger charge is 1.95. The van der Waals surface area contributed by atoms with Gasteiger partial charge in [0.1, 0.15) is 0 Å². The van der Waals surface area contributed by atoms with E-state index in [1.165, 1.54) is 6.08 Å². The average Bonchev–Trinajstić information content (AvgIpc) is 2.05. The molecule has 0 saturated heterocycles. The molecule has 2 N–H and O–H groups in total. The van der Waals surface area contributed by atoms with Crippen molar-refractivity contribution in [1.29, 1.82) is 0 Å². The average molecular weight is 189 g/mol. The van der Waals surface area contributed by atoms with Gasteiger partial charge in [0.15, 0.2) is 0 Å². The first-order valence-electron chi connectivity index (χ1n) is 3.70. The van der Waals surface area contributed by atoms with Gasteiger partial charge in [-0.2, -0.15) is 0 Å². The van der Waals surface area contributed by atoms with E-state index in [0.29, 0.717) is 12.5 Å². The molecule has 0 saturated carbocycles. The molecule has 0 fully saturated rings. The lowest BCUT2D eigenvalue weighted by Gasteiger charge is -2.04. The van der Waals surface area contributed by atoms with Crippen molar-refractivity contribution in [2.24, 2.45) is 5.92 Å². The van der Waals surface area contributed by atoms with Crippen molar-refractivity contribution in [1.82, 2.24) is 5.48 Å². The molecule has 0 aliphatic rings. The summed E-state index contributed by atoms with van der Waals surface area (Å²) in [6, 6.07) is 0. The van der Waals surface area contributed by atoms with Crippen LogP contribution >= 0.6 is 0 Å². The fourth-order valence-corrected chi connectivity index (χ4v) is 0.321. The summed E-state index contributed by atoms with van der Waals surface area (Å²) in [5.74, 6) is 0.116. The third kappa shape index (κ3) is 18.0. The van der Waals surface area contributed by atoms with Crippen LogP contribution in [0.15, 0.2) is 12.7 Å². The van der Waals surface area contributed by atoms with Gasteiger partial charge in [-0.3, -0.25) is 14.4 Å². The first kappa shape index (κ1) is 14.2. The summed E-state index contributed by atoms with van der Waals surface area (Å²) >= 11 is 0. The summed E-state index contributed by atoms with van der Waals surface area (Å²) in [6.45, 7) is 7.54. The summed E-state index contributed by atoms with van der Waals surface area (Å²) in [7, 11) is 0. The van der Waals surface area contributed by atoms with Gasteiger partial charge in [-0.05, 0) is 12.0 Å². The normalized spacial score (nSPS) is 8.23. The molecular weight excluding hydrogens is 174 g/mol. The van der Waals surface area contributed by atoms with Gasteiger partial charge in [-0.1, -0.05) is 20.4 Å². The number of rotatable bonds is 4. The Morgan fingerprint density at radius 2 is 2.15 bits per heavy atom. The summed E-state index contributed by atoms with van der Waals surface area (Å²) in [4.78, 5) is 23.6. The van der Waals surface area contributed by atoms with Gasteiger partial charge >= 0.3 is 0 Å². The number of nitrogens with one attached hydrogen (secondary N) is 1. The smallest absolute Gasteiger partial charge is 0.290 e. The summed E-state index contributed by atoms with van der Waals surface area (Å²) in [5, 5.41) is 6.89. The predicted molar refractivity (Wildman–Crippen MR) is 47.8 cm³/mol. The van der Waals surface area contributed by atoms with Gasteiger partial charge in [0.05, 0.1) is 6.61 Å². The molecule has 0 bridgehead atoms. The molecule has 0 aliphatic carbocycles. The van der Waals surface area contributed by atoms with Gasteiger partial charge in [0, 0.05) is 0 Å². The van der Waals surface area contributed by atoms with Gasteiger partial charge in [0.25, 0.3) is 12.4 Å². The van der Waals surface area contributed by atoms with Crippen LogP contribution in [0.5, 0.6) is 0 Å². The fraction of sp³-hybridized carbons (Fsp3) is 0.500. The van der Waals surface area contributed by atoms with Crippen molar-refractivity contribution in [3.8, 4) is 0 Å². The number of hydrogen-bond acceptors (Lipinski definition) is 3. The van der Waals surface area contributed by atoms with Crippen LogP contribution in [0.25, 0.3) is 0 Å². The molecule has 0 spiro atoms. The molecule has 76 valence electrons. The highest BCUT2D eigenvalue weighted by atomic mass is 16.6. The SMILES string of the molecule is C=CC(=O)NOCC(C)C.O=CO. The zero-order chi connectivity index (χ0) is 10.7. The minimum absolute atomic E-state index is 0.250. The largest absolute Gasteiger partial charge is 0.483 e. The van der Waals surface area contributed by atoms with E-state index in [1.54, 1.807) is 0 Å². The molecular formula is C8H15NO4. The van der Waals surface area contributed by atoms with Gasteiger partial charge in [-0.15, -0.1) is 0 Å². The second-order valence-electron chi connectivity index (χ2n) is 2.48. The second-order valence-corrected chi connectivity index (χ2v) is 2.48. The predicted octanol–water partition coefficient (Wildman–Crippen LogP) is 0.577. The number of carboxylic acid groups (broad SMARTS) is 1. The van der Waals surface area contributed by atoms with Crippen molar-refractivity contribution in [3.05, 3.63) is 12.7 Å². The zero-order valence-electron chi connectivity index (χ0n) is 7.82. The molecule has 0 unspecified atom stereocenters. The third-order valence-electron chi connectivity index (χ3n) is 0.775. The molecule has 1 amide bonds. The summed E-state index contributed by atoms with van der Waals surface area (Å²) in [5.41, 5.74) is 2.21. The quantitative estimate of drug-likeness (QED) is 0.385. The molecule has 0 atom stereocenters. The lowest BCUT2D eigenvalue weighted by atomic mass is 10.2. The van der Waals surface area contributed by atoms with E-state index in [9.17, 15) is 4.79 Å². The number of carbonyl (C=O) groups excluding carboxylic acids is 1. The van der Waals surface area contributed by atoms with E-state index in [0.717, 1.165) is 0 Å². The fourth-order valence-electron chi connectivity index (χ4n) is 0.321. The third-order valence-corrected chi connectivity index (χ3v) is 0.775. The molecule has 5 heteroatoms. The molecule has 0 aromatic rings. The van der Waals surface area contributed by atoms with Crippen molar-refractivity contribution in [2.75, 3.05) is 6.61 Å². The molecule has 0 aromatic carbocycles. The maximum Gasteiger partial charge on any atom is 0.290 e. The van der Waals surface area contributed by atoms with Crippen LogP contribution in [-0.4, -0.2) is 24.1 Å². The molecule has 0 heterocycles. The summed E-state index contributed by atoms with van der Waals surface area (Å²) < 4.78 is 0. The van der Waals surface area contributed by atoms with E-state index in [-0.39, 0.29) is 12.4 Å². The molecule has 0 rings (SSSR count). The topological polar surface area (TPSA) is 75.6 Å². The Balaban J connectivity index is 0. The monoisotopic (exact) mass is 189 g/mol. The highest BCUT2D eigenvalue weighted by molar-refractivity contribution is 5.85. The second kappa shape index (κ2) is 10.6. The zero-order valence-corrected chi connectivity index (χ0v) is 7.82. The van der Waals surface area contributed by atoms with E-state index in [4.69, 9.17) is 14.7 Å². The number of hydrogen-bond donors (Lipinski definition) is 2. The van der Waals surface area contributed by atoms with E-state index in [1.807, 2.05) is 13.8 Å². The maximum atomic E-state index is 10.4. The Morgan fingerprint density at radius 1 is 1.69 bits per heavy atom. The standard InChI is InChI=1S/C7H13NO2.CH2O2/c1-4-7(9)8-10-5-6(2)3;2-1-3/h4,6H,1,5H2,2-3H3,(H,8,9);1H,(H,2,3). The van der Waals surface area contributed by atoms with E-state index < -0.39 is 0 Å². The molecule has 5 nitrogen and oxygen atoms in total. The highest BCUT2D eigenvalue weighted by Crippen LogP contribution is 1.89. The number of hydroxylamine groups is 1. The van der Waals surface area contributed by atoms with E-state index in [2.05, 4.69) is 12.1 Å². The van der Waals surface area contributed by atoms with Crippen molar-refractivity contribution in [3.63, 3.8) is 0 Å². The van der Waals surface area contributed by atoms with Gasteiger partial charge in [-0.25, -0.2) is 5.48 Å². The van der Waals surface area contributed by atoms with Crippen LogP contribution in [-0.2, 0) is 14.4 Å². The van der Waals surface area contributed by atoms with Crippen LogP contribution in [0.2, 0.25) is 0 Å². The van der Waals surface area contributed by atoms with Crippen LogP contribution in [0.1, 0.15) is 13.8 Å². The van der Waals surface area contributed by atoms with Crippen LogP contribution in [0.3, 0.4) is 0 Å². The maximum absolute atomic E-state index is 10.4. The number of amides is 1. The lowest BCUT2D eigenvalue weighted by Crippen LogP contribution is -2.23. The minimum atomic E-state index is -0.305. The van der Waals surface area contributed by atoms with Crippen molar-refractivity contribution in [2.45, 2.75) is 13.8 Å². The first-order valence-corrected chi connectivity index (χ1v) is 3.70. The van der Waals surface area contributed by atoms with Crippen molar-refractivity contribution >= 4 is 12.4 Å². The Kier molecular flexibility index (Phi) is 11.6. The molecule has 0 aliphatic heterocycles. The van der Waals surface area contributed by atoms with Crippen molar-refractivity contribution < 1.29 is 19.5 Å².